The fourth-order valence-electron chi connectivity index (χ4n) is 4.82. The fourth-order valence-corrected chi connectivity index (χ4v) is 4.82. The van der Waals surface area contributed by atoms with E-state index in [0.29, 0.717) is 6.42 Å². The van der Waals surface area contributed by atoms with Crippen LogP contribution < -0.4 is 15.5 Å². The number of fused-ring (bicyclic) bond motifs is 1. The van der Waals surface area contributed by atoms with Crippen LogP contribution in [0.1, 0.15) is 75.6 Å². The zero-order valence-electron chi connectivity index (χ0n) is 20.8. The molecule has 2 heterocycles. The average Bonchev–Trinajstić information content (AvgIpc) is 2.82. The molecule has 1 aromatic carbocycles. The number of hydrogen-bond acceptors (Lipinski definition) is 5. The first-order chi connectivity index (χ1) is 16.7. The van der Waals surface area contributed by atoms with Gasteiger partial charge in [0.15, 0.2) is 0 Å². The number of nitrogens with one attached hydrogen (secondary N) is 2. The minimum Gasteiger partial charge on any atom is -0.396 e. The predicted octanol–water partition coefficient (Wildman–Crippen LogP) is 6.48. The third kappa shape index (κ3) is 6.01. The Bertz CT molecular complexity index is 992. The Morgan fingerprint density at radius 1 is 1.18 bits per heavy atom. The van der Waals surface area contributed by atoms with E-state index in [1.807, 2.05) is 6.20 Å². The van der Waals surface area contributed by atoms with Crippen LogP contribution in [0.2, 0.25) is 0 Å². The van der Waals surface area contributed by atoms with Crippen LogP contribution in [0, 0.1) is 5.92 Å². The molecule has 0 saturated heterocycles. The number of hydrogen-bond donors (Lipinski definition) is 3. The lowest BCUT2D eigenvalue weighted by molar-refractivity contribution is 0.288. The van der Waals surface area contributed by atoms with Crippen LogP contribution in [-0.4, -0.2) is 29.8 Å². The second-order valence-corrected chi connectivity index (χ2v) is 9.50. The highest BCUT2D eigenvalue weighted by Crippen LogP contribution is 2.33. The molecule has 5 heteroatoms. The number of rotatable bonds is 12. The van der Waals surface area contributed by atoms with Crippen LogP contribution in [-0.2, 0) is 6.42 Å². The van der Waals surface area contributed by atoms with Crippen LogP contribution in [0.3, 0.4) is 0 Å². The van der Waals surface area contributed by atoms with Crippen molar-refractivity contribution in [2.45, 2.75) is 65.2 Å². The van der Waals surface area contributed by atoms with Crippen molar-refractivity contribution in [1.29, 1.82) is 0 Å². The maximum absolute atomic E-state index is 9.30. The molecule has 0 amide bonds. The van der Waals surface area contributed by atoms with Gasteiger partial charge in [0.25, 0.3) is 0 Å². The second-order valence-electron chi connectivity index (χ2n) is 9.50. The molecule has 4 rings (SSSR count). The van der Waals surface area contributed by atoms with E-state index in [1.54, 1.807) is 0 Å². The molecule has 2 aliphatic rings. The molecule has 0 spiro atoms. The molecule has 3 N–H and O–H groups in total. The van der Waals surface area contributed by atoms with Crippen LogP contribution >= 0.6 is 0 Å². The zero-order valence-corrected chi connectivity index (χ0v) is 20.8. The van der Waals surface area contributed by atoms with E-state index in [2.05, 4.69) is 71.9 Å². The van der Waals surface area contributed by atoms with E-state index in [9.17, 15) is 5.11 Å². The topological polar surface area (TPSA) is 60.4 Å². The molecule has 34 heavy (non-hydrogen) atoms. The summed E-state index contributed by atoms with van der Waals surface area (Å²) >= 11 is 0. The highest BCUT2D eigenvalue weighted by atomic mass is 16.2. The van der Waals surface area contributed by atoms with Crippen molar-refractivity contribution >= 4 is 29.0 Å². The molecule has 0 bridgehead atoms. The van der Waals surface area contributed by atoms with E-state index in [1.165, 1.54) is 31.4 Å². The van der Waals surface area contributed by atoms with Gasteiger partial charge >= 0.3 is 0 Å². The summed E-state index contributed by atoms with van der Waals surface area (Å²) in [6.07, 6.45) is 15.4. The minimum absolute atomic E-state index is 0.177. The summed E-state index contributed by atoms with van der Waals surface area (Å²) in [5, 5.41) is 16.3. The van der Waals surface area contributed by atoms with Crippen molar-refractivity contribution in [3.05, 3.63) is 59.4 Å². The van der Waals surface area contributed by atoms with Crippen molar-refractivity contribution in [2.24, 2.45) is 5.92 Å². The van der Waals surface area contributed by atoms with Gasteiger partial charge in [0.2, 0.25) is 0 Å². The standard InChI is InChI=1S/C29H40N4O/c1-3-7-27-28-23(15-17-30-27)21-25(10-6-20-34)32-29(28)31-24-11-13-26(14-12-24)33(18-4-2)19-16-22-8-5-9-22/h7,11-15,17,21-22,30,34H,3-6,8-10,16,18-20H2,1-2H3,(H,31,32)/b27-7-. The normalized spacial score (nSPS) is 16.1. The van der Waals surface area contributed by atoms with Crippen LogP contribution in [0.15, 0.2) is 42.6 Å². The SMILES string of the molecule is CC/C=C1\NC=Cc2cc(CCCO)nc(Nc3ccc(N(CCC)CCC4CCC4)cc3)c21. The second kappa shape index (κ2) is 12.1. The number of pyridine rings is 1. The number of aliphatic hydroxyl groups excluding tert-OH is 1. The van der Waals surface area contributed by atoms with Crippen molar-refractivity contribution in [3.8, 4) is 0 Å². The molecular weight excluding hydrogens is 420 g/mol. The molecule has 0 atom stereocenters. The van der Waals surface area contributed by atoms with Crippen LogP contribution in [0.25, 0.3) is 11.8 Å². The Morgan fingerprint density at radius 3 is 2.68 bits per heavy atom. The smallest absolute Gasteiger partial charge is 0.140 e. The molecule has 1 aliphatic heterocycles. The van der Waals surface area contributed by atoms with Gasteiger partial charge in [-0.15, -0.1) is 0 Å². The third-order valence-corrected chi connectivity index (χ3v) is 6.89. The lowest BCUT2D eigenvalue weighted by atomic mass is 9.83. The first kappa shape index (κ1) is 24.3. The first-order valence-electron chi connectivity index (χ1n) is 13.1. The summed E-state index contributed by atoms with van der Waals surface area (Å²) in [5.41, 5.74) is 6.69. The molecule has 1 saturated carbocycles. The lowest BCUT2D eigenvalue weighted by Crippen LogP contribution is -2.28. The van der Waals surface area contributed by atoms with E-state index < -0.39 is 0 Å². The molecule has 1 fully saturated rings. The third-order valence-electron chi connectivity index (χ3n) is 6.89. The van der Waals surface area contributed by atoms with Crippen molar-refractivity contribution in [1.82, 2.24) is 10.3 Å². The largest absolute Gasteiger partial charge is 0.396 e. The predicted molar refractivity (Wildman–Crippen MR) is 144 cm³/mol. The number of anilines is 3. The summed E-state index contributed by atoms with van der Waals surface area (Å²) in [5.74, 6) is 1.80. The van der Waals surface area contributed by atoms with E-state index in [4.69, 9.17) is 4.98 Å². The lowest BCUT2D eigenvalue weighted by Gasteiger charge is -2.30. The summed E-state index contributed by atoms with van der Waals surface area (Å²) in [7, 11) is 0. The van der Waals surface area contributed by atoms with Gasteiger partial charge in [-0.3, -0.25) is 0 Å². The Labute approximate surface area is 205 Å². The Balaban J connectivity index is 1.56. The number of benzene rings is 1. The summed E-state index contributed by atoms with van der Waals surface area (Å²) < 4.78 is 0. The summed E-state index contributed by atoms with van der Waals surface area (Å²) in [4.78, 5) is 7.49. The number of aliphatic hydroxyl groups is 1. The molecule has 182 valence electrons. The number of aryl methyl sites for hydroxylation is 1. The first-order valence-corrected chi connectivity index (χ1v) is 13.1. The van der Waals surface area contributed by atoms with Crippen molar-refractivity contribution in [3.63, 3.8) is 0 Å². The van der Waals surface area contributed by atoms with Gasteiger partial charge in [0.1, 0.15) is 5.82 Å². The van der Waals surface area contributed by atoms with E-state index >= 15 is 0 Å². The van der Waals surface area contributed by atoms with Crippen LogP contribution in [0.4, 0.5) is 17.2 Å². The Hall–Kier alpha value is -2.79. The molecule has 1 aliphatic carbocycles. The summed E-state index contributed by atoms with van der Waals surface area (Å²) in [6, 6.07) is 11.0. The van der Waals surface area contributed by atoms with Gasteiger partial charge in [-0.05, 0) is 80.0 Å². The molecule has 2 aromatic rings. The van der Waals surface area contributed by atoms with Gasteiger partial charge in [0.05, 0.1) is 0 Å². The minimum atomic E-state index is 0.177. The molecule has 0 radical (unpaired) electrons. The molecule has 0 unspecified atom stereocenters. The quantitative estimate of drug-likeness (QED) is 0.338. The van der Waals surface area contributed by atoms with E-state index in [-0.39, 0.29) is 6.61 Å². The van der Waals surface area contributed by atoms with Gasteiger partial charge in [-0.1, -0.05) is 39.2 Å². The van der Waals surface area contributed by atoms with Gasteiger partial charge in [0, 0.05) is 54.2 Å². The Kier molecular flexibility index (Phi) is 8.64. The van der Waals surface area contributed by atoms with E-state index in [0.717, 1.165) is 72.3 Å². The highest BCUT2D eigenvalue weighted by Gasteiger charge is 2.19. The monoisotopic (exact) mass is 460 g/mol. The summed E-state index contributed by atoms with van der Waals surface area (Å²) in [6.45, 7) is 6.83. The van der Waals surface area contributed by atoms with Gasteiger partial charge < -0.3 is 20.6 Å². The number of allylic oxidation sites excluding steroid dienone is 1. The van der Waals surface area contributed by atoms with Gasteiger partial charge in [-0.2, -0.15) is 0 Å². The van der Waals surface area contributed by atoms with Crippen LogP contribution in [0.5, 0.6) is 0 Å². The molecule has 1 aromatic heterocycles. The maximum atomic E-state index is 9.30. The Morgan fingerprint density at radius 2 is 2.00 bits per heavy atom. The fraction of sp³-hybridized carbons (Fsp3) is 0.483. The highest BCUT2D eigenvalue weighted by molar-refractivity contribution is 5.85. The van der Waals surface area contributed by atoms with Crippen molar-refractivity contribution < 1.29 is 5.11 Å². The molecule has 5 nitrogen and oxygen atoms in total. The zero-order chi connectivity index (χ0) is 23.8. The maximum Gasteiger partial charge on any atom is 0.140 e. The van der Waals surface area contributed by atoms with Crippen molar-refractivity contribution in [2.75, 3.05) is 29.9 Å². The number of aromatic nitrogens is 1. The van der Waals surface area contributed by atoms with Gasteiger partial charge in [-0.25, -0.2) is 4.98 Å². The number of nitrogens with zero attached hydrogens (tertiary/aromatic N) is 2. The molecular formula is C29H40N4O. The average molecular weight is 461 g/mol.